The molecule has 0 unspecified atom stereocenters. The molecule has 1 fully saturated rings. The zero-order valence-electron chi connectivity index (χ0n) is 18.0. The lowest BCUT2D eigenvalue weighted by Crippen LogP contribution is -2.46. The molecule has 0 atom stereocenters. The zero-order valence-corrected chi connectivity index (χ0v) is 19.6. The summed E-state index contributed by atoms with van der Waals surface area (Å²) in [6, 6.07) is 6.50. The van der Waals surface area contributed by atoms with Crippen LogP contribution in [-0.4, -0.2) is 70.3 Å². The number of hydrogen-bond donors (Lipinski definition) is 1. The van der Waals surface area contributed by atoms with Gasteiger partial charge in [-0.2, -0.15) is 0 Å². The van der Waals surface area contributed by atoms with E-state index in [1.165, 1.54) is 29.1 Å². The molecule has 0 saturated carbocycles. The number of pyridine rings is 1. The van der Waals surface area contributed by atoms with Crippen molar-refractivity contribution in [2.75, 3.05) is 39.5 Å². The van der Waals surface area contributed by atoms with Gasteiger partial charge in [0.25, 0.3) is 11.5 Å². The largest absolute Gasteiger partial charge is 0.496 e. The monoisotopic (exact) mass is 473 g/mol. The number of carboxylic acids is 1. The molecule has 0 bridgehead atoms. The molecule has 168 valence electrons. The highest BCUT2D eigenvalue weighted by molar-refractivity contribution is 7.96. The third kappa shape index (κ3) is 4.01. The van der Waals surface area contributed by atoms with Crippen LogP contribution in [0.15, 0.2) is 35.3 Å². The Labute approximate surface area is 193 Å². The fourth-order valence-corrected chi connectivity index (χ4v) is 5.51. The van der Waals surface area contributed by atoms with Crippen molar-refractivity contribution >= 4 is 45.2 Å². The number of carboxylic acid groups (broad SMARTS) is 1. The van der Waals surface area contributed by atoms with Crippen LogP contribution < -0.4 is 10.3 Å². The molecule has 1 aromatic carbocycles. The number of methoxy groups -OCH3 is 1. The van der Waals surface area contributed by atoms with Crippen LogP contribution in [0.25, 0.3) is 21.2 Å². The second-order valence-corrected chi connectivity index (χ2v) is 9.37. The summed E-state index contributed by atoms with van der Waals surface area (Å²) in [5.41, 5.74) is 1.33. The Kier molecular flexibility index (Phi) is 6.27. The summed E-state index contributed by atoms with van der Waals surface area (Å²) >= 11 is 2.97. The number of benzene rings is 1. The van der Waals surface area contributed by atoms with Crippen molar-refractivity contribution in [3.05, 3.63) is 51.3 Å². The minimum absolute atomic E-state index is 0.0590. The quantitative estimate of drug-likeness (QED) is 0.570. The van der Waals surface area contributed by atoms with Crippen LogP contribution in [-0.2, 0) is 7.05 Å². The molecule has 0 spiro atoms. The minimum atomic E-state index is -1.08. The highest BCUT2D eigenvalue weighted by Gasteiger charge is 2.25. The number of carbonyl (C=O) groups excluding carboxylic acids is 1. The van der Waals surface area contributed by atoms with Crippen LogP contribution >= 0.6 is 23.3 Å². The Morgan fingerprint density at radius 2 is 1.88 bits per heavy atom. The lowest BCUT2D eigenvalue weighted by molar-refractivity contribution is 0.0689. The van der Waals surface area contributed by atoms with E-state index in [0.717, 1.165) is 18.7 Å². The van der Waals surface area contributed by atoms with Crippen LogP contribution in [0.4, 0.5) is 0 Å². The second kappa shape index (κ2) is 8.97. The first-order chi connectivity index (χ1) is 15.3. The number of carbonyl (C=O) groups is 2. The van der Waals surface area contributed by atoms with Crippen LogP contribution in [0, 0.1) is 0 Å². The van der Waals surface area contributed by atoms with E-state index in [4.69, 9.17) is 4.74 Å². The number of fused-ring (bicyclic) bond motifs is 1. The lowest BCUT2D eigenvalue weighted by atomic mass is 10.0. The number of thiophene rings is 1. The first-order valence-electron chi connectivity index (χ1n) is 9.97. The molecule has 10 heteroatoms. The number of aryl methyl sites for hydroxylation is 1. The van der Waals surface area contributed by atoms with Crippen molar-refractivity contribution in [1.82, 2.24) is 13.8 Å². The molecule has 1 saturated heterocycles. The van der Waals surface area contributed by atoms with Gasteiger partial charge in [0.2, 0.25) is 0 Å². The molecule has 4 rings (SSSR count). The normalized spacial score (nSPS) is 14.7. The molecule has 1 amide bonds. The highest BCUT2D eigenvalue weighted by atomic mass is 32.2. The number of nitrogens with zero attached hydrogens (tertiary/aromatic N) is 3. The molecule has 0 aliphatic carbocycles. The minimum Gasteiger partial charge on any atom is -0.496 e. The number of rotatable bonds is 5. The van der Waals surface area contributed by atoms with E-state index >= 15 is 0 Å². The van der Waals surface area contributed by atoms with Crippen molar-refractivity contribution in [3.8, 4) is 16.9 Å². The Morgan fingerprint density at radius 1 is 1.16 bits per heavy atom. The van der Waals surface area contributed by atoms with Crippen LogP contribution in [0.5, 0.6) is 5.75 Å². The van der Waals surface area contributed by atoms with E-state index in [1.54, 1.807) is 43.4 Å². The fourth-order valence-electron chi connectivity index (χ4n) is 3.83. The van der Waals surface area contributed by atoms with Crippen LogP contribution in [0.2, 0.25) is 0 Å². The number of aromatic carboxylic acids is 1. The summed E-state index contributed by atoms with van der Waals surface area (Å²) in [4.78, 5) is 39.7. The Balaban J connectivity index is 1.78. The van der Waals surface area contributed by atoms with Gasteiger partial charge in [0, 0.05) is 49.7 Å². The van der Waals surface area contributed by atoms with Gasteiger partial charge in [0.15, 0.2) is 0 Å². The molecular weight excluding hydrogens is 450 g/mol. The first kappa shape index (κ1) is 22.4. The number of ether oxygens (including phenoxy) is 1. The number of hydrogen-bond acceptors (Lipinski definition) is 7. The van der Waals surface area contributed by atoms with Gasteiger partial charge in [0.05, 0.1) is 17.4 Å². The molecule has 1 aliphatic rings. The van der Waals surface area contributed by atoms with E-state index in [9.17, 15) is 19.5 Å². The van der Waals surface area contributed by atoms with Crippen molar-refractivity contribution in [2.24, 2.45) is 7.05 Å². The molecule has 1 N–H and O–H groups in total. The summed E-state index contributed by atoms with van der Waals surface area (Å²) < 4.78 is 9.66. The summed E-state index contributed by atoms with van der Waals surface area (Å²) in [5, 5.41) is 9.84. The standard InChI is InChI=1S/C22H23N3O5S2/c1-23-12-16(13-4-5-14(22(28)29)17(10-13)30-2)19-15(20(23)26)11-18(32-19)21(27)24-6-8-25(31-3)9-7-24/h4-5,10-12H,6-9H2,1-3H3,(H,28,29). The van der Waals surface area contributed by atoms with Gasteiger partial charge < -0.3 is 19.3 Å². The van der Waals surface area contributed by atoms with E-state index < -0.39 is 5.97 Å². The summed E-state index contributed by atoms with van der Waals surface area (Å²) in [5.74, 6) is -0.917. The molecule has 3 aromatic rings. The molecule has 0 radical (unpaired) electrons. The molecule has 8 nitrogen and oxygen atoms in total. The lowest BCUT2D eigenvalue weighted by Gasteiger charge is -2.32. The third-order valence-electron chi connectivity index (χ3n) is 5.59. The van der Waals surface area contributed by atoms with Gasteiger partial charge in [-0.1, -0.05) is 18.0 Å². The van der Waals surface area contributed by atoms with Gasteiger partial charge in [0.1, 0.15) is 11.3 Å². The maximum absolute atomic E-state index is 13.1. The molecule has 2 aromatic heterocycles. The summed E-state index contributed by atoms with van der Waals surface area (Å²) in [7, 11) is 3.08. The van der Waals surface area contributed by atoms with Crippen molar-refractivity contribution in [2.45, 2.75) is 0 Å². The van der Waals surface area contributed by atoms with Gasteiger partial charge in [-0.3, -0.25) is 9.59 Å². The molecule has 1 aliphatic heterocycles. The predicted molar refractivity (Wildman–Crippen MR) is 127 cm³/mol. The summed E-state index contributed by atoms with van der Waals surface area (Å²) in [6.45, 7) is 2.90. The second-order valence-electron chi connectivity index (χ2n) is 7.44. The number of piperazine rings is 1. The fraction of sp³-hybridized carbons (Fsp3) is 0.318. The van der Waals surface area contributed by atoms with E-state index in [0.29, 0.717) is 33.6 Å². The SMILES string of the molecule is COc1cc(-c2cn(C)c(=O)c3cc(C(=O)N4CCN(SC)CC4)sc23)ccc1C(=O)O. The van der Waals surface area contributed by atoms with Crippen molar-refractivity contribution < 1.29 is 19.4 Å². The van der Waals surface area contributed by atoms with E-state index in [2.05, 4.69) is 4.31 Å². The number of amides is 1. The average Bonchev–Trinajstić information content (AvgIpc) is 3.26. The molecule has 3 heterocycles. The third-order valence-corrected chi connectivity index (χ3v) is 7.63. The van der Waals surface area contributed by atoms with E-state index in [1.807, 2.05) is 11.2 Å². The highest BCUT2D eigenvalue weighted by Crippen LogP contribution is 2.36. The van der Waals surface area contributed by atoms with Gasteiger partial charge in [-0.05, 0) is 30.0 Å². The van der Waals surface area contributed by atoms with Crippen molar-refractivity contribution in [3.63, 3.8) is 0 Å². The summed E-state index contributed by atoms with van der Waals surface area (Å²) in [6.07, 6.45) is 3.74. The molecular formula is C22H23N3O5S2. The maximum atomic E-state index is 13.1. The first-order valence-corrected chi connectivity index (χ1v) is 12.0. The average molecular weight is 474 g/mol. The maximum Gasteiger partial charge on any atom is 0.339 e. The smallest absolute Gasteiger partial charge is 0.339 e. The van der Waals surface area contributed by atoms with Gasteiger partial charge in [-0.15, -0.1) is 11.3 Å². The van der Waals surface area contributed by atoms with Gasteiger partial charge in [-0.25, -0.2) is 9.10 Å². The van der Waals surface area contributed by atoms with Crippen LogP contribution in [0.3, 0.4) is 0 Å². The Bertz CT molecular complexity index is 1260. The van der Waals surface area contributed by atoms with E-state index in [-0.39, 0.29) is 22.8 Å². The number of aromatic nitrogens is 1. The Morgan fingerprint density at radius 3 is 2.50 bits per heavy atom. The van der Waals surface area contributed by atoms with Gasteiger partial charge >= 0.3 is 5.97 Å². The topological polar surface area (TPSA) is 92.1 Å². The zero-order chi connectivity index (χ0) is 23.0. The van der Waals surface area contributed by atoms with Crippen LogP contribution in [0.1, 0.15) is 20.0 Å². The van der Waals surface area contributed by atoms with Crippen molar-refractivity contribution in [1.29, 1.82) is 0 Å². The Hall–Kier alpha value is -2.82. The predicted octanol–water partition coefficient (Wildman–Crippen LogP) is 3.01. The molecule has 32 heavy (non-hydrogen) atoms.